The Labute approximate surface area is 187 Å². The van der Waals surface area contributed by atoms with E-state index in [1.54, 1.807) is 18.2 Å². The van der Waals surface area contributed by atoms with E-state index in [0.717, 1.165) is 5.56 Å². The molecule has 0 spiro atoms. The van der Waals surface area contributed by atoms with Crippen LogP contribution in [0.5, 0.6) is 11.5 Å². The highest BCUT2D eigenvalue weighted by molar-refractivity contribution is 9.10. The van der Waals surface area contributed by atoms with Crippen LogP contribution in [-0.2, 0) is 11.4 Å². The molecule has 0 aliphatic carbocycles. The lowest BCUT2D eigenvalue weighted by Gasteiger charge is -2.14. The van der Waals surface area contributed by atoms with Crippen molar-refractivity contribution in [3.63, 3.8) is 0 Å². The van der Waals surface area contributed by atoms with Gasteiger partial charge in [-0.3, -0.25) is 4.79 Å². The van der Waals surface area contributed by atoms with Gasteiger partial charge in [0, 0.05) is 0 Å². The second kappa shape index (κ2) is 10.4. The van der Waals surface area contributed by atoms with Crippen LogP contribution in [0.25, 0.3) is 6.08 Å². The standard InChI is InChI=1S/C24H18BrFN2O3/c1-30-22-13-17(12-19(25)23(22)31-15-16-7-3-2-4-8-16)11-18(14-27)24(29)28-21-10-6-5-9-20(21)26/h2-13H,15H2,1H3,(H,28,29)/b18-11+. The summed E-state index contributed by atoms with van der Waals surface area (Å²) in [7, 11) is 1.50. The summed E-state index contributed by atoms with van der Waals surface area (Å²) in [4.78, 5) is 12.4. The number of nitrogens with one attached hydrogen (secondary N) is 1. The van der Waals surface area contributed by atoms with Gasteiger partial charge in [-0.2, -0.15) is 5.26 Å². The molecule has 0 bridgehead atoms. The van der Waals surface area contributed by atoms with Gasteiger partial charge in [-0.05, 0) is 57.4 Å². The number of methoxy groups -OCH3 is 1. The fourth-order valence-corrected chi connectivity index (χ4v) is 3.33. The molecule has 7 heteroatoms. The summed E-state index contributed by atoms with van der Waals surface area (Å²) >= 11 is 3.46. The molecule has 5 nitrogen and oxygen atoms in total. The first-order valence-corrected chi connectivity index (χ1v) is 10.0. The Hall–Kier alpha value is -3.63. The highest BCUT2D eigenvalue weighted by atomic mass is 79.9. The first-order valence-electron chi connectivity index (χ1n) is 9.23. The molecule has 0 fully saturated rings. The number of hydrogen-bond acceptors (Lipinski definition) is 4. The van der Waals surface area contributed by atoms with E-state index in [2.05, 4.69) is 21.2 Å². The molecule has 0 saturated carbocycles. The molecule has 0 unspecified atom stereocenters. The van der Waals surface area contributed by atoms with E-state index >= 15 is 0 Å². The number of hydrogen-bond donors (Lipinski definition) is 1. The van der Waals surface area contributed by atoms with Crippen molar-refractivity contribution in [3.05, 3.63) is 93.7 Å². The number of nitriles is 1. The van der Waals surface area contributed by atoms with Crippen LogP contribution in [0, 0.1) is 17.1 Å². The Balaban J connectivity index is 1.83. The number of rotatable bonds is 7. The van der Waals surface area contributed by atoms with Crippen LogP contribution < -0.4 is 14.8 Å². The fraction of sp³-hybridized carbons (Fsp3) is 0.0833. The molecule has 0 aliphatic heterocycles. The van der Waals surface area contributed by atoms with Crippen molar-refractivity contribution in [2.24, 2.45) is 0 Å². The molecule has 3 aromatic rings. The molecule has 3 aromatic carbocycles. The zero-order chi connectivity index (χ0) is 22.2. The Kier molecular flexibility index (Phi) is 7.41. The summed E-state index contributed by atoms with van der Waals surface area (Å²) in [5.74, 6) is -0.370. The van der Waals surface area contributed by atoms with Gasteiger partial charge >= 0.3 is 0 Å². The monoisotopic (exact) mass is 480 g/mol. The minimum atomic E-state index is -0.716. The van der Waals surface area contributed by atoms with E-state index in [0.29, 0.717) is 28.1 Å². The molecule has 0 heterocycles. The average molecular weight is 481 g/mol. The van der Waals surface area contributed by atoms with Gasteiger partial charge < -0.3 is 14.8 Å². The van der Waals surface area contributed by atoms with Gasteiger partial charge in [0.1, 0.15) is 24.1 Å². The van der Waals surface area contributed by atoms with E-state index in [9.17, 15) is 14.4 Å². The minimum absolute atomic E-state index is 0.00271. The Bertz CT molecular complexity index is 1160. The number of benzene rings is 3. The zero-order valence-corrected chi connectivity index (χ0v) is 18.1. The molecule has 0 saturated heterocycles. The van der Waals surface area contributed by atoms with Crippen molar-refractivity contribution < 1.29 is 18.7 Å². The fourth-order valence-electron chi connectivity index (χ4n) is 2.76. The molecule has 0 radical (unpaired) electrons. The second-order valence-electron chi connectivity index (χ2n) is 6.41. The van der Waals surface area contributed by atoms with Crippen molar-refractivity contribution >= 4 is 33.6 Å². The lowest BCUT2D eigenvalue weighted by atomic mass is 10.1. The summed E-state index contributed by atoms with van der Waals surface area (Å²) in [5.41, 5.74) is 1.35. The van der Waals surface area contributed by atoms with Crippen LogP contribution in [0.3, 0.4) is 0 Å². The minimum Gasteiger partial charge on any atom is -0.493 e. The molecule has 3 rings (SSSR count). The molecule has 31 heavy (non-hydrogen) atoms. The molecule has 156 valence electrons. The predicted octanol–water partition coefficient (Wildman–Crippen LogP) is 5.72. The van der Waals surface area contributed by atoms with Crippen molar-refractivity contribution in [3.8, 4) is 17.6 Å². The van der Waals surface area contributed by atoms with Gasteiger partial charge in [0.05, 0.1) is 17.3 Å². The van der Waals surface area contributed by atoms with E-state index in [4.69, 9.17) is 9.47 Å². The SMILES string of the molecule is COc1cc(/C=C(\C#N)C(=O)Nc2ccccc2F)cc(Br)c1OCc1ccccc1. The maximum atomic E-state index is 13.8. The van der Waals surface area contributed by atoms with E-state index in [1.807, 2.05) is 36.4 Å². The van der Waals surface area contributed by atoms with Crippen molar-refractivity contribution in [2.45, 2.75) is 6.61 Å². The summed E-state index contributed by atoms with van der Waals surface area (Å²) in [6, 6.07) is 20.6. The largest absolute Gasteiger partial charge is 0.493 e. The number of nitrogens with zero attached hydrogens (tertiary/aromatic N) is 1. The van der Waals surface area contributed by atoms with Gasteiger partial charge in [-0.1, -0.05) is 42.5 Å². The molecule has 0 atom stereocenters. The zero-order valence-electron chi connectivity index (χ0n) is 16.6. The smallest absolute Gasteiger partial charge is 0.266 e. The Morgan fingerprint density at radius 1 is 1.16 bits per heavy atom. The Morgan fingerprint density at radius 3 is 2.55 bits per heavy atom. The number of anilines is 1. The van der Waals surface area contributed by atoms with E-state index in [-0.39, 0.29) is 11.3 Å². The van der Waals surface area contributed by atoms with Crippen LogP contribution in [-0.4, -0.2) is 13.0 Å². The third kappa shape index (κ3) is 5.71. The summed E-state index contributed by atoms with van der Waals surface area (Å²) in [6.45, 7) is 0.347. The second-order valence-corrected chi connectivity index (χ2v) is 7.27. The number of amides is 1. The summed E-state index contributed by atoms with van der Waals surface area (Å²) < 4.78 is 25.7. The molecule has 1 amide bonds. The van der Waals surface area contributed by atoms with E-state index in [1.165, 1.54) is 31.4 Å². The lowest BCUT2D eigenvalue weighted by Crippen LogP contribution is -2.14. The van der Waals surface area contributed by atoms with Crippen molar-refractivity contribution in [2.75, 3.05) is 12.4 Å². The lowest BCUT2D eigenvalue weighted by molar-refractivity contribution is -0.112. The summed E-state index contributed by atoms with van der Waals surface area (Å²) in [5, 5.41) is 11.8. The number of halogens is 2. The molecule has 0 aliphatic rings. The third-order valence-electron chi connectivity index (χ3n) is 4.28. The van der Waals surface area contributed by atoms with Crippen LogP contribution in [0.2, 0.25) is 0 Å². The predicted molar refractivity (Wildman–Crippen MR) is 120 cm³/mol. The quantitative estimate of drug-likeness (QED) is 0.346. The van der Waals surface area contributed by atoms with Gasteiger partial charge in [0.2, 0.25) is 0 Å². The van der Waals surface area contributed by atoms with Crippen LogP contribution in [0.4, 0.5) is 10.1 Å². The molecule has 1 N–H and O–H groups in total. The van der Waals surface area contributed by atoms with Gasteiger partial charge in [0.25, 0.3) is 5.91 Å². The first kappa shape index (κ1) is 22.1. The molecular formula is C24H18BrFN2O3. The topological polar surface area (TPSA) is 71.3 Å². The molecule has 0 aromatic heterocycles. The number of carbonyl (C=O) groups is 1. The third-order valence-corrected chi connectivity index (χ3v) is 4.86. The van der Waals surface area contributed by atoms with Crippen molar-refractivity contribution in [1.29, 1.82) is 5.26 Å². The van der Waals surface area contributed by atoms with Crippen molar-refractivity contribution in [1.82, 2.24) is 0 Å². The maximum absolute atomic E-state index is 13.8. The van der Waals surface area contributed by atoms with Crippen LogP contribution >= 0.6 is 15.9 Å². The summed E-state index contributed by atoms with van der Waals surface area (Å²) in [6.07, 6.45) is 1.39. The Morgan fingerprint density at radius 2 is 1.87 bits per heavy atom. The normalized spacial score (nSPS) is 10.8. The van der Waals surface area contributed by atoms with E-state index < -0.39 is 11.7 Å². The highest BCUT2D eigenvalue weighted by Crippen LogP contribution is 2.37. The molecular weight excluding hydrogens is 463 g/mol. The average Bonchev–Trinajstić information content (AvgIpc) is 2.78. The number of carbonyl (C=O) groups excluding carboxylic acids is 1. The van der Waals surface area contributed by atoms with Gasteiger partial charge in [0.15, 0.2) is 11.5 Å². The first-order chi connectivity index (χ1) is 15.0. The van der Waals surface area contributed by atoms with Gasteiger partial charge in [-0.15, -0.1) is 0 Å². The highest BCUT2D eigenvalue weighted by Gasteiger charge is 2.15. The number of ether oxygens (including phenoxy) is 2. The van der Waals surface area contributed by atoms with Crippen LogP contribution in [0.1, 0.15) is 11.1 Å². The van der Waals surface area contributed by atoms with Crippen LogP contribution in [0.15, 0.2) is 76.8 Å². The maximum Gasteiger partial charge on any atom is 0.266 e. The number of para-hydroxylation sites is 1. The van der Waals surface area contributed by atoms with Gasteiger partial charge in [-0.25, -0.2) is 4.39 Å².